The van der Waals surface area contributed by atoms with Crippen molar-refractivity contribution in [2.24, 2.45) is 0 Å². The van der Waals surface area contributed by atoms with Gasteiger partial charge in [0.25, 0.3) is 5.04 Å². The third-order valence-corrected chi connectivity index (χ3v) is 6.00. The van der Waals surface area contributed by atoms with Crippen molar-refractivity contribution < 1.29 is 4.58 Å². The summed E-state index contributed by atoms with van der Waals surface area (Å²) in [5.74, 6) is 0. The fraction of sp³-hybridized carbons (Fsp3) is 0. The van der Waals surface area contributed by atoms with E-state index in [1.807, 2.05) is 48.0 Å². The van der Waals surface area contributed by atoms with Crippen molar-refractivity contribution in [2.75, 3.05) is 0 Å². The summed E-state index contributed by atoms with van der Waals surface area (Å²) in [6, 6.07) is 20.4. The van der Waals surface area contributed by atoms with Crippen LogP contribution in [0, 0.1) is 0 Å². The highest BCUT2D eigenvalue weighted by Crippen LogP contribution is 2.22. The van der Waals surface area contributed by atoms with Crippen molar-refractivity contribution in [3.63, 3.8) is 0 Å². The van der Waals surface area contributed by atoms with E-state index < -0.39 is 7.15 Å². The van der Waals surface area contributed by atoms with Crippen molar-refractivity contribution >= 4 is 40.3 Å². The van der Waals surface area contributed by atoms with Crippen LogP contribution in [0.5, 0.6) is 0 Å². The minimum absolute atomic E-state index is 1.05. The lowest BCUT2D eigenvalue weighted by atomic mass is 10.2. The van der Waals surface area contributed by atoms with Gasteiger partial charge >= 0.3 is 0 Å². The summed E-state index contributed by atoms with van der Waals surface area (Å²) >= 11 is 11.2. The molecule has 1 aliphatic rings. The lowest BCUT2D eigenvalue weighted by Gasteiger charge is -2.03. The summed E-state index contributed by atoms with van der Waals surface area (Å²) in [6.07, 6.45) is 2.01. The predicted octanol–water partition coefficient (Wildman–Crippen LogP) is 3.34. The Hall–Kier alpha value is -1.36. The molecule has 0 amide bonds. The zero-order valence-corrected chi connectivity index (χ0v) is 12.5. The number of hydrogen-bond donors (Lipinski definition) is 0. The van der Waals surface area contributed by atoms with Gasteiger partial charge in [-0.1, -0.05) is 36.4 Å². The van der Waals surface area contributed by atoms with Crippen LogP contribution in [0.1, 0.15) is 5.56 Å². The van der Waals surface area contributed by atoms with Gasteiger partial charge in [-0.05, 0) is 34.5 Å². The van der Waals surface area contributed by atoms with Crippen molar-refractivity contribution in [2.45, 2.75) is 0 Å². The summed E-state index contributed by atoms with van der Waals surface area (Å²) in [5, 5.41) is 3.02. The van der Waals surface area contributed by atoms with Gasteiger partial charge in [-0.25, -0.2) is 0 Å². The Bertz CT molecular complexity index is 758. The Morgan fingerprint density at radius 1 is 0.789 bits per heavy atom. The predicted molar refractivity (Wildman–Crippen MR) is 88.1 cm³/mol. The summed E-state index contributed by atoms with van der Waals surface area (Å²) < 4.78 is 2.12. The first kappa shape index (κ1) is 12.7. The molecule has 19 heavy (non-hydrogen) atoms. The Balaban J connectivity index is 2.27. The molecule has 0 saturated carbocycles. The van der Waals surface area contributed by atoms with Crippen LogP contribution < -0.4 is 0 Å². The maximum absolute atomic E-state index is 5.62. The first-order valence-electron chi connectivity index (χ1n) is 5.88. The molecule has 0 aliphatic carbocycles. The fourth-order valence-electron chi connectivity index (χ4n) is 2.09. The molecule has 1 aliphatic heterocycles. The number of para-hydroxylation sites is 1. The van der Waals surface area contributed by atoms with E-state index >= 15 is 0 Å². The van der Waals surface area contributed by atoms with E-state index in [1.165, 1.54) is 0 Å². The first-order chi connectivity index (χ1) is 9.18. The second kappa shape index (κ2) is 4.96. The average molecular weight is 302 g/mol. The van der Waals surface area contributed by atoms with Crippen LogP contribution in [0.15, 0.2) is 72.3 Å². The second-order valence-corrected chi connectivity index (χ2v) is 9.74. The van der Waals surface area contributed by atoms with Crippen LogP contribution >= 0.6 is 0 Å². The Kier molecular flexibility index (Phi) is 3.31. The molecule has 0 bridgehead atoms. The Morgan fingerprint density at radius 2 is 1.37 bits per heavy atom. The average Bonchev–Trinajstić information content (AvgIpc) is 2.76. The van der Waals surface area contributed by atoms with Crippen LogP contribution in [-0.2, 0) is 29.5 Å². The molecule has 0 aromatic heterocycles. The van der Waals surface area contributed by atoms with Crippen LogP contribution in [0.2, 0.25) is 0 Å². The van der Waals surface area contributed by atoms with Gasteiger partial charge in [0.05, 0.1) is 11.0 Å². The van der Waals surface area contributed by atoms with Gasteiger partial charge in [0.2, 0.25) is 5.69 Å². The lowest BCUT2D eigenvalue weighted by Crippen LogP contribution is -2.15. The molecule has 0 spiro atoms. The molecule has 1 heterocycles. The maximum atomic E-state index is 5.62. The van der Waals surface area contributed by atoms with Gasteiger partial charge in [-0.3, -0.25) is 0 Å². The number of rotatable bonds is 2. The molecular weight excluding hydrogens is 290 g/mol. The smallest absolute Gasteiger partial charge is 0.153 e. The topological polar surface area (TPSA) is 3.01 Å². The molecule has 0 unspecified atom stereocenters. The molecular formula is C15H12NS3+. The fourth-order valence-corrected chi connectivity index (χ4v) is 4.76. The molecule has 0 radical (unpaired) electrons. The SMILES string of the molecule is S=S1(=S)C=C[N+](c2ccccc2)=C1c1ccccc1. The monoisotopic (exact) mass is 302 g/mol. The van der Waals surface area contributed by atoms with Gasteiger partial charge < -0.3 is 0 Å². The third kappa shape index (κ3) is 2.39. The first-order valence-corrected chi connectivity index (χ1v) is 9.43. The molecule has 1 nitrogen and oxygen atoms in total. The minimum atomic E-state index is -1.71. The van der Waals surface area contributed by atoms with Crippen molar-refractivity contribution in [3.05, 3.63) is 77.8 Å². The van der Waals surface area contributed by atoms with Gasteiger partial charge in [-0.15, -0.1) is 0 Å². The number of hydrogen-bond acceptors (Lipinski definition) is 2. The highest BCUT2D eigenvalue weighted by molar-refractivity contribution is 8.65. The molecule has 0 N–H and O–H groups in total. The van der Waals surface area contributed by atoms with E-state index in [4.69, 9.17) is 22.4 Å². The normalized spacial score (nSPS) is 16.8. The van der Waals surface area contributed by atoms with Crippen molar-refractivity contribution in [3.8, 4) is 0 Å². The zero-order valence-electron chi connectivity index (χ0n) is 10.1. The Morgan fingerprint density at radius 3 is 2.00 bits per heavy atom. The van der Waals surface area contributed by atoms with Gasteiger partial charge in [0, 0.05) is 19.3 Å². The molecule has 3 rings (SSSR count). The van der Waals surface area contributed by atoms with E-state index in [-0.39, 0.29) is 0 Å². The quantitative estimate of drug-likeness (QED) is 0.783. The second-order valence-electron chi connectivity index (χ2n) is 4.21. The van der Waals surface area contributed by atoms with E-state index in [9.17, 15) is 0 Å². The van der Waals surface area contributed by atoms with Crippen LogP contribution in [0.4, 0.5) is 5.69 Å². The van der Waals surface area contributed by atoms with E-state index in [1.54, 1.807) is 0 Å². The summed E-state index contributed by atoms with van der Waals surface area (Å²) in [7, 11) is -1.71. The van der Waals surface area contributed by atoms with E-state index in [2.05, 4.69) is 28.8 Å². The number of benzene rings is 2. The van der Waals surface area contributed by atoms with E-state index in [0.29, 0.717) is 0 Å². The molecule has 4 heteroatoms. The van der Waals surface area contributed by atoms with Crippen molar-refractivity contribution in [1.29, 1.82) is 0 Å². The van der Waals surface area contributed by atoms with Crippen molar-refractivity contribution in [1.82, 2.24) is 0 Å². The molecule has 2 aromatic rings. The summed E-state index contributed by atoms with van der Waals surface area (Å²) in [4.78, 5) is 0. The molecule has 94 valence electrons. The van der Waals surface area contributed by atoms with Crippen LogP contribution in [-0.4, -0.2) is 9.62 Å². The summed E-state index contributed by atoms with van der Waals surface area (Å²) in [5.41, 5.74) is 2.21. The standard InChI is InChI=1S/C15H12NS3/c17-19(18)12-11-16(14-9-5-2-6-10-14)15(19)13-7-3-1-4-8-13/h1-12H/q+1. The Labute approximate surface area is 122 Å². The van der Waals surface area contributed by atoms with E-state index in [0.717, 1.165) is 16.3 Å². The van der Waals surface area contributed by atoms with Gasteiger partial charge in [-0.2, -0.15) is 4.58 Å². The summed E-state index contributed by atoms with van der Waals surface area (Å²) in [6.45, 7) is 0. The highest BCUT2D eigenvalue weighted by atomic mass is 33.1. The molecule has 0 atom stereocenters. The van der Waals surface area contributed by atoms with Crippen LogP contribution in [0.3, 0.4) is 0 Å². The minimum Gasteiger partial charge on any atom is -0.153 e. The maximum Gasteiger partial charge on any atom is 0.265 e. The van der Waals surface area contributed by atoms with Gasteiger partial charge in [0.15, 0.2) is 6.20 Å². The molecule has 2 aromatic carbocycles. The highest BCUT2D eigenvalue weighted by Gasteiger charge is 2.29. The van der Waals surface area contributed by atoms with Gasteiger partial charge in [0.1, 0.15) is 0 Å². The number of nitrogens with zero attached hydrogens (tertiary/aromatic N) is 1. The molecule has 0 fully saturated rings. The molecule has 0 saturated heterocycles. The largest absolute Gasteiger partial charge is 0.265 e. The third-order valence-electron chi connectivity index (χ3n) is 2.93. The van der Waals surface area contributed by atoms with Crippen LogP contribution in [0.25, 0.3) is 0 Å². The zero-order chi connectivity index (χ0) is 13.3. The lowest BCUT2D eigenvalue weighted by molar-refractivity contribution is -0.354.